The van der Waals surface area contributed by atoms with Crippen molar-refractivity contribution in [2.75, 3.05) is 0 Å². The first-order valence-corrected chi connectivity index (χ1v) is 7.24. The number of nitrogens with one attached hydrogen (secondary N) is 1. The van der Waals surface area contributed by atoms with E-state index in [1.54, 1.807) is 12.1 Å². The van der Waals surface area contributed by atoms with Gasteiger partial charge in [0.1, 0.15) is 5.75 Å². The van der Waals surface area contributed by atoms with Crippen molar-refractivity contribution in [2.24, 2.45) is 5.92 Å². The minimum Gasteiger partial charge on any atom is -0.508 e. The Labute approximate surface area is 110 Å². The van der Waals surface area contributed by atoms with Gasteiger partial charge in [-0.3, -0.25) is 0 Å². The van der Waals surface area contributed by atoms with Gasteiger partial charge in [0.25, 0.3) is 0 Å². The SMILES string of the molecule is CCC(NC1CCC(C)CC1)c1ccc(O)cc1. The highest BCUT2D eigenvalue weighted by Crippen LogP contribution is 2.27. The second-order valence-corrected chi connectivity index (χ2v) is 5.68. The average Bonchev–Trinajstić information content (AvgIpc) is 2.39. The Morgan fingerprint density at radius 2 is 1.78 bits per heavy atom. The van der Waals surface area contributed by atoms with Crippen LogP contribution in [0.1, 0.15) is 57.6 Å². The van der Waals surface area contributed by atoms with Gasteiger partial charge in [-0.2, -0.15) is 0 Å². The van der Waals surface area contributed by atoms with E-state index in [1.165, 1.54) is 31.2 Å². The van der Waals surface area contributed by atoms with Crippen molar-refractivity contribution in [2.45, 2.75) is 58.0 Å². The fourth-order valence-corrected chi connectivity index (χ4v) is 2.87. The Morgan fingerprint density at radius 1 is 1.17 bits per heavy atom. The summed E-state index contributed by atoms with van der Waals surface area (Å²) in [5.74, 6) is 1.25. The normalized spacial score (nSPS) is 25.9. The zero-order valence-electron chi connectivity index (χ0n) is 11.5. The molecule has 0 spiro atoms. The van der Waals surface area contributed by atoms with E-state index in [4.69, 9.17) is 0 Å². The number of phenols is 1. The smallest absolute Gasteiger partial charge is 0.115 e. The minimum absolute atomic E-state index is 0.347. The Hall–Kier alpha value is -1.02. The van der Waals surface area contributed by atoms with Crippen molar-refractivity contribution in [3.63, 3.8) is 0 Å². The first-order valence-electron chi connectivity index (χ1n) is 7.24. The molecule has 0 aliphatic heterocycles. The van der Waals surface area contributed by atoms with E-state index in [1.807, 2.05) is 12.1 Å². The largest absolute Gasteiger partial charge is 0.508 e. The summed E-state index contributed by atoms with van der Waals surface area (Å²) < 4.78 is 0. The molecular weight excluding hydrogens is 222 g/mol. The molecule has 1 aromatic carbocycles. The van der Waals surface area contributed by atoms with Crippen LogP contribution < -0.4 is 5.32 Å². The Morgan fingerprint density at radius 3 is 2.33 bits per heavy atom. The van der Waals surface area contributed by atoms with Crippen LogP contribution in [0.2, 0.25) is 0 Å². The molecule has 1 fully saturated rings. The molecule has 1 aliphatic rings. The topological polar surface area (TPSA) is 32.3 Å². The van der Waals surface area contributed by atoms with Gasteiger partial charge >= 0.3 is 0 Å². The summed E-state index contributed by atoms with van der Waals surface area (Å²) in [4.78, 5) is 0. The molecule has 2 heteroatoms. The van der Waals surface area contributed by atoms with Gasteiger partial charge < -0.3 is 10.4 Å². The van der Waals surface area contributed by atoms with Crippen LogP contribution in [0, 0.1) is 5.92 Å². The molecule has 1 aromatic rings. The summed E-state index contributed by atoms with van der Waals surface area (Å²) in [5, 5.41) is 13.1. The molecule has 1 unspecified atom stereocenters. The van der Waals surface area contributed by atoms with Crippen LogP contribution in [0.4, 0.5) is 0 Å². The molecule has 2 nitrogen and oxygen atoms in total. The van der Waals surface area contributed by atoms with Gasteiger partial charge in [-0.15, -0.1) is 0 Å². The lowest BCUT2D eigenvalue weighted by atomic mass is 9.86. The predicted octanol–water partition coefficient (Wildman–Crippen LogP) is 4.01. The Balaban J connectivity index is 1.94. The van der Waals surface area contributed by atoms with Crippen molar-refractivity contribution in [1.29, 1.82) is 0 Å². The van der Waals surface area contributed by atoms with Gasteiger partial charge in [0, 0.05) is 12.1 Å². The van der Waals surface area contributed by atoms with Crippen LogP contribution in [-0.2, 0) is 0 Å². The third-order valence-electron chi connectivity index (χ3n) is 4.16. The monoisotopic (exact) mass is 247 g/mol. The van der Waals surface area contributed by atoms with Crippen LogP contribution in [0.3, 0.4) is 0 Å². The maximum atomic E-state index is 9.34. The molecule has 18 heavy (non-hydrogen) atoms. The van der Waals surface area contributed by atoms with Gasteiger partial charge in [-0.1, -0.05) is 26.0 Å². The molecule has 100 valence electrons. The molecule has 0 heterocycles. The molecule has 2 N–H and O–H groups in total. The van der Waals surface area contributed by atoms with Gasteiger partial charge in [0.15, 0.2) is 0 Å². The summed E-state index contributed by atoms with van der Waals surface area (Å²) in [6, 6.07) is 8.71. The zero-order valence-corrected chi connectivity index (χ0v) is 11.5. The first kappa shape index (κ1) is 13.4. The van der Waals surface area contributed by atoms with E-state index < -0.39 is 0 Å². The van der Waals surface area contributed by atoms with Crippen molar-refractivity contribution >= 4 is 0 Å². The lowest BCUT2D eigenvalue weighted by molar-refractivity contribution is 0.284. The summed E-state index contributed by atoms with van der Waals surface area (Å²) in [6.07, 6.45) is 6.40. The van der Waals surface area contributed by atoms with Crippen molar-refractivity contribution < 1.29 is 5.11 Å². The average molecular weight is 247 g/mol. The zero-order chi connectivity index (χ0) is 13.0. The molecular formula is C16H25NO. The number of rotatable bonds is 4. The standard InChI is InChI=1S/C16H25NO/c1-3-16(13-6-10-15(18)11-7-13)17-14-8-4-12(2)5-9-14/h6-7,10-12,14,16-18H,3-5,8-9H2,1-2H3. The molecule has 0 radical (unpaired) electrons. The summed E-state index contributed by atoms with van der Waals surface area (Å²) in [7, 11) is 0. The van der Waals surface area contributed by atoms with E-state index in [2.05, 4.69) is 19.2 Å². The third-order valence-corrected chi connectivity index (χ3v) is 4.16. The fourth-order valence-electron chi connectivity index (χ4n) is 2.87. The van der Waals surface area contributed by atoms with Crippen molar-refractivity contribution in [3.05, 3.63) is 29.8 Å². The Bertz CT molecular complexity index is 352. The predicted molar refractivity (Wildman–Crippen MR) is 75.7 cm³/mol. The third kappa shape index (κ3) is 3.49. The molecule has 1 aliphatic carbocycles. The van der Waals surface area contributed by atoms with E-state index >= 15 is 0 Å². The lowest BCUT2D eigenvalue weighted by Crippen LogP contribution is -2.35. The van der Waals surface area contributed by atoms with Gasteiger partial charge in [0.2, 0.25) is 0 Å². The van der Waals surface area contributed by atoms with E-state index in [-0.39, 0.29) is 0 Å². The fraction of sp³-hybridized carbons (Fsp3) is 0.625. The van der Waals surface area contributed by atoms with E-state index in [9.17, 15) is 5.11 Å². The highest BCUT2D eigenvalue weighted by atomic mass is 16.3. The van der Waals surface area contributed by atoms with Crippen LogP contribution in [0.15, 0.2) is 24.3 Å². The van der Waals surface area contributed by atoms with Gasteiger partial charge in [0.05, 0.1) is 0 Å². The Kier molecular flexibility index (Phi) is 4.65. The van der Waals surface area contributed by atoms with Crippen molar-refractivity contribution in [3.8, 4) is 5.75 Å². The lowest BCUT2D eigenvalue weighted by Gasteiger charge is -2.31. The molecule has 0 amide bonds. The summed E-state index contributed by atoms with van der Waals surface area (Å²) >= 11 is 0. The summed E-state index contributed by atoms with van der Waals surface area (Å²) in [6.45, 7) is 4.57. The molecule has 1 atom stereocenters. The first-order chi connectivity index (χ1) is 8.69. The minimum atomic E-state index is 0.347. The number of benzene rings is 1. The van der Waals surface area contributed by atoms with E-state index in [0.717, 1.165) is 12.3 Å². The maximum Gasteiger partial charge on any atom is 0.115 e. The molecule has 0 saturated heterocycles. The molecule has 0 bridgehead atoms. The second-order valence-electron chi connectivity index (χ2n) is 5.68. The van der Waals surface area contributed by atoms with E-state index in [0.29, 0.717) is 17.8 Å². The number of phenolic OH excluding ortho intramolecular Hbond substituents is 1. The highest BCUT2D eigenvalue weighted by molar-refractivity contribution is 5.28. The van der Waals surface area contributed by atoms with Crippen LogP contribution >= 0.6 is 0 Å². The number of hydrogen-bond acceptors (Lipinski definition) is 2. The molecule has 2 rings (SSSR count). The summed E-state index contributed by atoms with van der Waals surface area (Å²) in [5.41, 5.74) is 1.29. The van der Waals surface area contributed by atoms with Crippen LogP contribution in [0.25, 0.3) is 0 Å². The maximum absolute atomic E-state index is 9.34. The second kappa shape index (κ2) is 6.24. The van der Waals surface area contributed by atoms with Crippen LogP contribution in [0.5, 0.6) is 5.75 Å². The number of hydrogen-bond donors (Lipinski definition) is 2. The highest BCUT2D eigenvalue weighted by Gasteiger charge is 2.20. The van der Waals surface area contributed by atoms with Crippen molar-refractivity contribution in [1.82, 2.24) is 5.32 Å². The van der Waals surface area contributed by atoms with Gasteiger partial charge in [-0.25, -0.2) is 0 Å². The number of aromatic hydroxyl groups is 1. The molecule has 0 aromatic heterocycles. The molecule has 1 saturated carbocycles. The quantitative estimate of drug-likeness (QED) is 0.842. The van der Waals surface area contributed by atoms with Gasteiger partial charge in [-0.05, 0) is 55.7 Å². The van der Waals surface area contributed by atoms with Crippen LogP contribution in [-0.4, -0.2) is 11.1 Å².